The highest BCUT2D eigenvalue weighted by atomic mass is 16.5. The van der Waals surface area contributed by atoms with E-state index in [1.807, 2.05) is 0 Å². The minimum absolute atomic E-state index is 0.0394. The normalized spacial score (nSPS) is 11.8. The van der Waals surface area contributed by atoms with E-state index in [0.717, 1.165) is 32.1 Å². The average Bonchev–Trinajstić information content (AvgIpc) is 2.34. The smallest absolute Gasteiger partial charge is 0.0779 e. The zero-order chi connectivity index (χ0) is 13.5. The Bertz CT molecular complexity index is 181. The predicted molar refractivity (Wildman–Crippen MR) is 78.4 cm³/mol. The maximum absolute atomic E-state index is 8.48. The lowest BCUT2D eigenvalue weighted by Crippen LogP contribution is -1.99. The first-order chi connectivity index (χ1) is 8.77. The first-order valence-electron chi connectivity index (χ1n) is 7.44. The van der Waals surface area contributed by atoms with Crippen LogP contribution in [0.25, 0.3) is 0 Å². The number of hydrogen-bond acceptors (Lipinski definition) is 3. The maximum atomic E-state index is 8.48. The van der Waals surface area contributed by atoms with Crippen molar-refractivity contribution in [2.45, 2.75) is 58.8 Å². The van der Waals surface area contributed by atoms with Crippen LogP contribution in [0.3, 0.4) is 0 Å². The van der Waals surface area contributed by atoms with Crippen molar-refractivity contribution < 1.29 is 9.84 Å². The Labute approximate surface area is 113 Å². The average molecular weight is 257 g/mol. The lowest BCUT2D eigenvalue weighted by atomic mass is 10.0. The fourth-order valence-electron chi connectivity index (χ4n) is 1.80. The fourth-order valence-corrected chi connectivity index (χ4v) is 1.80. The fraction of sp³-hybridized carbons (Fsp3) is 0.933. The molecule has 0 aliphatic heterocycles. The van der Waals surface area contributed by atoms with Gasteiger partial charge in [-0.3, -0.25) is 4.99 Å². The summed E-state index contributed by atoms with van der Waals surface area (Å²) >= 11 is 0. The third-order valence-corrected chi connectivity index (χ3v) is 2.86. The Hall–Kier alpha value is -0.410. The zero-order valence-electron chi connectivity index (χ0n) is 12.2. The lowest BCUT2D eigenvalue weighted by Gasteiger charge is -2.05. The molecule has 0 spiro atoms. The van der Waals surface area contributed by atoms with E-state index in [2.05, 4.69) is 18.8 Å². The van der Waals surface area contributed by atoms with E-state index in [9.17, 15) is 0 Å². The highest BCUT2D eigenvalue weighted by Crippen LogP contribution is 2.10. The first-order valence-corrected chi connectivity index (χ1v) is 7.44. The van der Waals surface area contributed by atoms with Crippen molar-refractivity contribution in [1.82, 2.24) is 0 Å². The number of nitrogens with zero attached hydrogens (tertiary/aromatic N) is 1. The van der Waals surface area contributed by atoms with Crippen molar-refractivity contribution in [3.8, 4) is 0 Å². The van der Waals surface area contributed by atoms with Gasteiger partial charge in [-0.05, 0) is 18.8 Å². The summed E-state index contributed by atoms with van der Waals surface area (Å²) < 4.78 is 5.52. The summed E-state index contributed by atoms with van der Waals surface area (Å²) in [6.07, 6.45) is 10.4. The molecule has 0 aromatic carbocycles. The highest BCUT2D eigenvalue weighted by molar-refractivity contribution is 5.57. The zero-order valence-corrected chi connectivity index (χ0v) is 12.2. The first kappa shape index (κ1) is 17.6. The molecule has 0 saturated carbocycles. The second-order valence-corrected chi connectivity index (χ2v) is 5.19. The Morgan fingerprint density at radius 2 is 1.67 bits per heavy atom. The second-order valence-electron chi connectivity index (χ2n) is 5.19. The molecule has 0 aromatic heterocycles. The van der Waals surface area contributed by atoms with E-state index >= 15 is 0 Å². The summed E-state index contributed by atoms with van der Waals surface area (Å²) in [5, 5.41) is 8.48. The van der Waals surface area contributed by atoms with Crippen molar-refractivity contribution in [3.63, 3.8) is 0 Å². The van der Waals surface area contributed by atoms with Gasteiger partial charge in [0.15, 0.2) is 0 Å². The monoisotopic (exact) mass is 257 g/mol. The number of rotatable bonds is 13. The number of hydrogen-bond donors (Lipinski definition) is 1. The van der Waals surface area contributed by atoms with Gasteiger partial charge >= 0.3 is 0 Å². The molecule has 0 unspecified atom stereocenters. The van der Waals surface area contributed by atoms with Crippen LogP contribution in [0.1, 0.15) is 58.8 Å². The molecule has 0 fully saturated rings. The van der Waals surface area contributed by atoms with Crippen LogP contribution in [-0.4, -0.2) is 37.7 Å². The molecule has 18 heavy (non-hydrogen) atoms. The van der Waals surface area contributed by atoms with Gasteiger partial charge in [-0.2, -0.15) is 0 Å². The molecular formula is C15H31NO2. The molecule has 0 aliphatic carbocycles. The standard InChI is InChI=1S/C15H31NO2/c1-15(2)9-6-4-3-5-7-13-18-14-8-10-16-11-12-17/h11,15,17H,3-10,12-14H2,1-2H3. The molecule has 0 amide bonds. The van der Waals surface area contributed by atoms with Crippen molar-refractivity contribution in [3.05, 3.63) is 0 Å². The van der Waals surface area contributed by atoms with Crippen molar-refractivity contribution in [1.29, 1.82) is 0 Å². The van der Waals surface area contributed by atoms with Gasteiger partial charge in [0.2, 0.25) is 0 Å². The van der Waals surface area contributed by atoms with Crippen LogP contribution in [0.2, 0.25) is 0 Å². The number of ether oxygens (including phenoxy) is 1. The molecule has 0 saturated heterocycles. The molecule has 0 rings (SSSR count). The van der Waals surface area contributed by atoms with Gasteiger partial charge in [0.05, 0.1) is 6.61 Å². The molecule has 0 bridgehead atoms. The van der Waals surface area contributed by atoms with Crippen LogP contribution in [0.4, 0.5) is 0 Å². The van der Waals surface area contributed by atoms with Gasteiger partial charge in [-0.1, -0.05) is 46.0 Å². The second kappa shape index (κ2) is 14.7. The van der Waals surface area contributed by atoms with Crippen LogP contribution in [-0.2, 0) is 4.74 Å². The van der Waals surface area contributed by atoms with Crippen LogP contribution in [0.5, 0.6) is 0 Å². The van der Waals surface area contributed by atoms with E-state index in [4.69, 9.17) is 9.84 Å². The molecular weight excluding hydrogens is 226 g/mol. The van der Waals surface area contributed by atoms with Crippen molar-refractivity contribution in [2.75, 3.05) is 26.4 Å². The van der Waals surface area contributed by atoms with Crippen molar-refractivity contribution in [2.24, 2.45) is 10.9 Å². The molecule has 108 valence electrons. The van der Waals surface area contributed by atoms with E-state index in [1.54, 1.807) is 0 Å². The highest BCUT2D eigenvalue weighted by Gasteiger charge is 1.95. The summed E-state index contributed by atoms with van der Waals surface area (Å²) in [7, 11) is 0. The summed E-state index contributed by atoms with van der Waals surface area (Å²) in [5.41, 5.74) is 0. The van der Waals surface area contributed by atoms with Gasteiger partial charge in [0.1, 0.15) is 0 Å². The number of aliphatic hydroxyl groups excluding tert-OH is 1. The Balaban J connectivity index is 2.97. The van der Waals surface area contributed by atoms with Gasteiger partial charge in [0.25, 0.3) is 0 Å². The summed E-state index contributed by atoms with van der Waals surface area (Å²) in [6, 6.07) is 0. The third kappa shape index (κ3) is 15.6. The Kier molecular flexibility index (Phi) is 14.3. The topological polar surface area (TPSA) is 41.8 Å². The SMILES string of the molecule is CC(C)CCCCCCCOCCCN=CCO. The Morgan fingerprint density at radius 3 is 2.39 bits per heavy atom. The number of aliphatic hydroxyl groups is 1. The van der Waals surface area contributed by atoms with Crippen LogP contribution >= 0.6 is 0 Å². The molecule has 0 aliphatic rings. The van der Waals surface area contributed by atoms with Gasteiger partial charge in [-0.15, -0.1) is 0 Å². The maximum Gasteiger partial charge on any atom is 0.0779 e. The Morgan fingerprint density at radius 1 is 1.00 bits per heavy atom. The van der Waals surface area contributed by atoms with Crippen molar-refractivity contribution >= 4 is 6.21 Å². The molecule has 3 heteroatoms. The lowest BCUT2D eigenvalue weighted by molar-refractivity contribution is 0.129. The number of unbranched alkanes of at least 4 members (excludes halogenated alkanes) is 4. The molecule has 0 aromatic rings. The minimum atomic E-state index is 0.0394. The molecule has 0 heterocycles. The van der Waals surface area contributed by atoms with E-state index in [1.165, 1.54) is 44.7 Å². The van der Waals surface area contributed by atoms with Crippen LogP contribution < -0.4 is 0 Å². The van der Waals surface area contributed by atoms with E-state index < -0.39 is 0 Å². The summed E-state index contributed by atoms with van der Waals surface area (Å²) in [4.78, 5) is 4.02. The molecule has 1 N–H and O–H groups in total. The summed E-state index contributed by atoms with van der Waals surface area (Å²) in [6.45, 7) is 7.05. The quantitative estimate of drug-likeness (QED) is 0.405. The van der Waals surface area contributed by atoms with Gasteiger partial charge < -0.3 is 9.84 Å². The third-order valence-electron chi connectivity index (χ3n) is 2.86. The van der Waals surface area contributed by atoms with Crippen LogP contribution in [0.15, 0.2) is 4.99 Å². The summed E-state index contributed by atoms with van der Waals surface area (Å²) in [5.74, 6) is 0.849. The van der Waals surface area contributed by atoms with Gasteiger partial charge in [0, 0.05) is 26.0 Å². The minimum Gasteiger partial charge on any atom is -0.391 e. The molecule has 3 nitrogen and oxygen atoms in total. The van der Waals surface area contributed by atoms with Crippen LogP contribution in [0, 0.1) is 5.92 Å². The largest absolute Gasteiger partial charge is 0.391 e. The van der Waals surface area contributed by atoms with E-state index in [-0.39, 0.29) is 6.61 Å². The number of aliphatic imine (C=N–C) groups is 1. The molecule has 0 radical (unpaired) electrons. The molecule has 0 atom stereocenters. The van der Waals surface area contributed by atoms with Gasteiger partial charge in [-0.25, -0.2) is 0 Å². The van der Waals surface area contributed by atoms with E-state index in [0.29, 0.717) is 0 Å². The predicted octanol–water partition coefficient (Wildman–Crippen LogP) is 3.45.